The third kappa shape index (κ3) is 4.77. The average Bonchev–Trinajstić information content (AvgIpc) is 3.19. The molecule has 1 aliphatic heterocycles. The molecule has 1 saturated carbocycles. The Bertz CT molecular complexity index is 977. The molecule has 0 aromatic heterocycles. The Balaban J connectivity index is 1.52. The third-order valence-electron chi connectivity index (χ3n) is 6.19. The minimum Gasteiger partial charge on any atom is -0.450 e. The van der Waals surface area contributed by atoms with Crippen LogP contribution in [0.3, 0.4) is 0 Å². The van der Waals surface area contributed by atoms with E-state index in [0.29, 0.717) is 29.3 Å². The van der Waals surface area contributed by atoms with Gasteiger partial charge in [-0.05, 0) is 56.4 Å². The fraction of sp³-hybridized carbons (Fsp3) is 0.400. The minimum absolute atomic E-state index is 0.0609. The van der Waals surface area contributed by atoms with E-state index < -0.39 is 18.1 Å². The van der Waals surface area contributed by atoms with Gasteiger partial charge in [0.25, 0.3) is 5.91 Å². The van der Waals surface area contributed by atoms with Crippen molar-refractivity contribution in [1.29, 1.82) is 0 Å². The predicted octanol–water partition coefficient (Wildman–Crippen LogP) is 4.63. The highest BCUT2D eigenvalue weighted by molar-refractivity contribution is 5.97. The van der Waals surface area contributed by atoms with Crippen LogP contribution in [0.15, 0.2) is 54.6 Å². The highest BCUT2D eigenvalue weighted by atomic mass is 16.5. The number of carbonyl (C=O) groups is 3. The molecule has 2 aliphatic rings. The zero-order valence-electron chi connectivity index (χ0n) is 18.2. The van der Waals surface area contributed by atoms with Crippen molar-refractivity contribution in [3.05, 3.63) is 60.2 Å². The number of hydrogen-bond donors (Lipinski definition) is 1. The number of likely N-dealkylation sites (tertiary alicyclic amines) is 1. The highest BCUT2D eigenvalue weighted by Crippen LogP contribution is 2.41. The molecule has 1 N–H and O–H groups in total. The SMILES string of the molecule is CCOC(=O)Nc1cccc(OC(=O)C2CC3CCCCC3N2C(=O)c2ccccc2)c1. The van der Waals surface area contributed by atoms with Crippen LogP contribution in [0, 0.1) is 5.92 Å². The van der Waals surface area contributed by atoms with Gasteiger partial charge in [-0.25, -0.2) is 9.59 Å². The lowest BCUT2D eigenvalue weighted by Gasteiger charge is -2.33. The zero-order chi connectivity index (χ0) is 22.5. The summed E-state index contributed by atoms with van der Waals surface area (Å²) in [5.74, 6) is 0.0497. The van der Waals surface area contributed by atoms with Crippen LogP contribution in [0.5, 0.6) is 5.75 Å². The monoisotopic (exact) mass is 436 g/mol. The molecule has 0 bridgehead atoms. The van der Waals surface area contributed by atoms with Crippen molar-refractivity contribution >= 4 is 23.7 Å². The summed E-state index contributed by atoms with van der Waals surface area (Å²) in [4.78, 5) is 40.0. The van der Waals surface area contributed by atoms with Gasteiger partial charge in [0.15, 0.2) is 0 Å². The molecular formula is C25H28N2O5. The van der Waals surface area contributed by atoms with Crippen molar-refractivity contribution in [1.82, 2.24) is 4.90 Å². The van der Waals surface area contributed by atoms with Crippen molar-refractivity contribution in [3.8, 4) is 5.75 Å². The maximum atomic E-state index is 13.4. The number of hydrogen-bond acceptors (Lipinski definition) is 5. The van der Waals surface area contributed by atoms with Gasteiger partial charge in [-0.2, -0.15) is 0 Å². The molecule has 168 valence electrons. The summed E-state index contributed by atoms with van der Waals surface area (Å²) in [5, 5.41) is 2.60. The van der Waals surface area contributed by atoms with Crippen molar-refractivity contribution in [2.24, 2.45) is 5.92 Å². The summed E-state index contributed by atoms with van der Waals surface area (Å²) in [6.45, 7) is 1.98. The van der Waals surface area contributed by atoms with E-state index in [1.807, 2.05) is 18.2 Å². The van der Waals surface area contributed by atoms with Crippen LogP contribution in [-0.4, -0.2) is 41.6 Å². The Morgan fingerprint density at radius 3 is 2.59 bits per heavy atom. The Morgan fingerprint density at radius 2 is 1.81 bits per heavy atom. The molecular weight excluding hydrogens is 408 g/mol. The number of fused-ring (bicyclic) bond motifs is 1. The van der Waals surface area contributed by atoms with Gasteiger partial charge >= 0.3 is 12.1 Å². The van der Waals surface area contributed by atoms with E-state index in [2.05, 4.69) is 5.32 Å². The standard InChI is InChI=1S/C25H28N2O5/c1-2-31-25(30)26-19-12-8-13-20(16-19)32-24(29)22-15-18-11-6-7-14-21(18)27(22)23(28)17-9-4-3-5-10-17/h3-5,8-10,12-13,16,18,21-22H,2,6-7,11,14-15H2,1H3,(H,26,30). The van der Waals surface area contributed by atoms with Gasteiger partial charge in [0.1, 0.15) is 11.8 Å². The van der Waals surface area contributed by atoms with Crippen LogP contribution in [0.2, 0.25) is 0 Å². The lowest BCUT2D eigenvalue weighted by atomic mass is 9.84. The second-order valence-corrected chi connectivity index (χ2v) is 8.24. The van der Waals surface area contributed by atoms with Gasteiger partial charge in [-0.1, -0.05) is 37.1 Å². The molecule has 1 aliphatic carbocycles. The summed E-state index contributed by atoms with van der Waals surface area (Å²) in [7, 11) is 0. The quantitative estimate of drug-likeness (QED) is 0.545. The average molecular weight is 437 g/mol. The molecule has 2 fully saturated rings. The van der Waals surface area contributed by atoms with Crippen LogP contribution < -0.4 is 10.1 Å². The lowest BCUT2D eigenvalue weighted by Crippen LogP contribution is -2.47. The smallest absolute Gasteiger partial charge is 0.411 e. The van der Waals surface area contributed by atoms with Crippen molar-refractivity contribution in [3.63, 3.8) is 0 Å². The highest BCUT2D eigenvalue weighted by Gasteiger charge is 2.48. The van der Waals surface area contributed by atoms with E-state index in [4.69, 9.17) is 9.47 Å². The molecule has 1 saturated heterocycles. The molecule has 0 radical (unpaired) electrons. The van der Waals surface area contributed by atoms with Crippen molar-refractivity contribution in [2.75, 3.05) is 11.9 Å². The molecule has 3 unspecified atom stereocenters. The first-order chi connectivity index (χ1) is 15.6. The molecule has 32 heavy (non-hydrogen) atoms. The summed E-state index contributed by atoms with van der Waals surface area (Å²) in [6.07, 6.45) is 4.15. The Kier molecular flexibility index (Phi) is 6.73. The molecule has 7 heteroatoms. The number of amides is 2. The third-order valence-corrected chi connectivity index (χ3v) is 6.19. The van der Waals surface area contributed by atoms with Gasteiger partial charge < -0.3 is 14.4 Å². The van der Waals surface area contributed by atoms with Crippen LogP contribution >= 0.6 is 0 Å². The largest absolute Gasteiger partial charge is 0.450 e. The van der Waals surface area contributed by atoms with Crippen LogP contribution in [0.1, 0.15) is 49.4 Å². The van der Waals surface area contributed by atoms with E-state index in [0.717, 1.165) is 25.7 Å². The number of benzene rings is 2. The normalized spacial score (nSPS) is 22.0. The molecule has 2 aromatic carbocycles. The maximum absolute atomic E-state index is 13.4. The zero-order valence-corrected chi connectivity index (χ0v) is 18.2. The topological polar surface area (TPSA) is 84.9 Å². The first kappa shape index (κ1) is 21.9. The van der Waals surface area contributed by atoms with Gasteiger partial charge in [-0.3, -0.25) is 10.1 Å². The fourth-order valence-corrected chi connectivity index (χ4v) is 4.80. The number of anilines is 1. The first-order valence-electron chi connectivity index (χ1n) is 11.2. The number of nitrogens with zero attached hydrogens (tertiary/aromatic N) is 1. The van der Waals surface area contributed by atoms with E-state index in [1.165, 1.54) is 0 Å². The summed E-state index contributed by atoms with van der Waals surface area (Å²) in [6, 6.07) is 15.1. The molecule has 2 amide bonds. The molecule has 3 atom stereocenters. The minimum atomic E-state index is -0.627. The van der Waals surface area contributed by atoms with E-state index in [9.17, 15) is 14.4 Å². The molecule has 7 nitrogen and oxygen atoms in total. The van der Waals surface area contributed by atoms with E-state index >= 15 is 0 Å². The number of ether oxygens (including phenoxy) is 2. The second-order valence-electron chi connectivity index (χ2n) is 8.24. The molecule has 0 spiro atoms. The van der Waals surface area contributed by atoms with E-state index in [1.54, 1.807) is 48.2 Å². The van der Waals surface area contributed by atoms with E-state index in [-0.39, 0.29) is 18.6 Å². The van der Waals surface area contributed by atoms with Crippen LogP contribution in [0.25, 0.3) is 0 Å². The van der Waals surface area contributed by atoms with Crippen LogP contribution in [0.4, 0.5) is 10.5 Å². The molecule has 2 aromatic rings. The van der Waals surface area contributed by atoms with Crippen LogP contribution in [-0.2, 0) is 9.53 Å². The van der Waals surface area contributed by atoms with Crippen molar-refractivity contribution in [2.45, 2.75) is 51.1 Å². The fourth-order valence-electron chi connectivity index (χ4n) is 4.80. The number of rotatable bonds is 5. The Morgan fingerprint density at radius 1 is 1.03 bits per heavy atom. The first-order valence-corrected chi connectivity index (χ1v) is 11.2. The summed E-state index contributed by atoms with van der Waals surface area (Å²) < 4.78 is 10.6. The number of esters is 1. The molecule has 1 heterocycles. The Labute approximate surface area is 187 Å². The Hall–Kier alpha value is -3.35. The van der Waals surface area contributed by atoms with Gasteiger partial charge in [0.2, 0.25) is 0 Å². The summed E-state index contributed by atoms with van der Waals surface area (Å²) >= 11 is 0. The van der Waals surface area contributed by atoms with Gasteiger partial charge in [-0.15, -0.1) is 0 Å². The molecule has 4 rings (SSSR count). The van der Waals surface area contributed by atoms with Gasteiger partial charge in [0.05, 0.1) is 6.61 Å². The summed E-state index contributed by atoms with van der Waals surface area (Å²) in [5.41, 5.74) is 1.04. The maximum Gasteiger partial charge on any atom is 0.411 e. The van der Waals surface area contributed by atoms with Crippen molar-refractivity contribution < 1.29 is 23.9 Å². The lowest BCUT2D eigenvalue weighted by molar-refractivity contribution is -0.139. The van der Waals surface area contributed by atoms with Gasteiger partial charge in [0, 0.05) is 23.4 Å². The second kappa shape index (κ2) is 9.85. The number of carbonyl (C=O) groups excluding carboxylic acids is 3. The predicted molar refractivity (Wildman–Crippen MR) is 119 cm³/mol. The number of nitrogens with one attached hydrogen (secondary N) is 1.